The first-order valence-electron chi connectivity index (χ1n) is 9.00. The van der Waals surface area contributed by atoms with Crippen LogP contribution in [0.2, 0.25) is 0 Å². The van der Waals surface area contributed by atoms with Crippen LogP contribution < -0.4 is 15.4 Å². The van der Waals surface area contributed by atoms with Gasteiger partial charge in [0.2, 0.25) is 0 Å². The molecule has 1 aliphatic carbocycles. The fourth-order valence-electron chi connectivity index (χ4n) is 2.75. The number of rotatable bonds is 7. The predicted molar refractivity (Wildman–Crippen MR) is 95.8 cm³/mol. The zero-order chi connectivity index (χ0) is 18.9. The van der Waals surface area contributed by atoms with Gasteiger partial charge in [-0.3, -0.25) is 10.1 Å². The van der Waals surface area contributed by atoms with E-state index in [1.165, 1.54) is 12.5 Å². The van der Waals surface area contributed by atoms with Gasteiger partial charge < -0.3 is 14.8 Å². The summed E-state index contributed by atoms with van der Waals surface area (Å²) in [7, 11) is 0. The third-order valence-corrected chi connectivity index (χ3v) is 4.29. The molecule has 7 heteroatoms. The van der Waals surface area contributed by atoms with Crippen LogP contribution >= 0.6 is 0 Å². The number of ether oxygens (including phenoxy) is 2. The number of esters is 1. The van der Waals surface area contributed by atoms with Crippen LogP contribution in [0.4, 0.5) is 4.79 Å². The molecule has 1 saturated carbocycles. The van der Waals surface area contributed by atoms with E-state index < -0.39 is 24.0 Å². The summed E-state index contributed by atoms with van der Waals surface area (Å²) in [5.74, 6) is -0.795. The zero-order valence-corrected chi connectivity index (χ0v) is 15.2. The number of amides is 3. The van der Waals surface area contributed by atoms with Crippen LogP contribution in [0, 0.1) is 0 Å². The molecule has 142 valence electrons. The molecule has 0 aliphatic heterocycles. The van der Waals surface area contributed by atoms with Crippen molar-refractivity contribution in [3.05, 3.63) is 29.8 Å². The lowest BCUT2D eigenvalue weighted by Gasteiger charge is -2.15. The molecule has 0 bridgehead atoms. The molecular weight excluding hydrogens is 336 g/mol. The standard InChI is InChI=1S/C19H26N2O5/c1-3-14-8-10-16(11-9-14)25-12-17(22)26-13(2)18(23)21-19(24)20-15-6-4-5-7-15/h8-11,13,15H,3-7,12H2,1-2H3,(H2,20,21,23,24). The largest absolute Gasteiger partial charge is 0.482 e. The Morgan fingerprint density at radius 2 is 1.81 bits per heavy atom. The monoisotopic (exact) mass is 362 g/mol. The minimum atomic E-state index is -1.08. The Labute approximate surface area is 153 Å². The van der Waals surface area contributed by atoms with Crippen molar-refractivity contribution in [3.63, 3.8) is 0 Å². The normalized spacial score (nSPS) is 15.2. The molecule has 7 nitrogen and oxygen atoms in total. The van der Waals surface area contributed by atoms with Gasteiger partial charge in [-0.15, -0.1) is 0 Å². The number of aryl methyl sites for hydroxylation is 1. The van der Waals surface area contributed by atoms with Gasteiger partial charge in [-0.2, -0.15) is 0 Å². The second-order valence-corrected chi connectivity index (χ2v) is 6.36. The van der Waals surface area contributed by atoms with Crippen molar-refractivity contribution >= 4 is 17.9 Å². The van der Waals surface area contributed by atoms with E-state index in [0.717, 1.165) is 32.1 Å². The van der Waals surface area contributed by atoms with E-state index in [4.69, 9.17) is 9.47 Å². The smallest absolute Gasteiger partial charge is 0.344 e. The van der Waals surface area contributed by atoms with Gasteiger partial charge in [0.15, 0.2) is 12.7 Å². The van der Waals surface area contributed by atoms with E-state index >= 15 is 0 Å². The van der Waals surface area contributed by atoms with Gasteiger partial charge in [-0.25, -0.2) is 9.59 Å². The molecule has 1 aliphatic rings. The molecular formula is C19H26N2O5. The number of urea groups is 1. The summed E-state index contributed by atoms with van der Waals surface area (Å²) in [6.45, 7) is 3.15. The molecule has 0 aromatic heterocycles. The molecule has 0 spiro atoms. The van der Waals surface area contributed by atoms with Crippen molar-refractivity contribution in [2.45, 2.75) is 58.1 Å². The molecule has 3 amide bonds. The highest BCUT2D eigenvalue weighted by molar-refractivity contribution is 5.97. The first-order valence-corrected chi connectivity index (χ1v) is 9.00. The summed E-state index contributed by atoms with van der Waals surface area (Å²) >= 11 is 0. The van der Waals surface area contributed by atoms with Crippen molar-refractivity contribution in [1.82, 2.24) is 10.6 Å². The maximum Gasteiger partial charge on any atom is 0.344 e. The van der Waals surface area contributed by atoms with Gasteiger partial charge in [-0.1, -0.05) is 31.9 Å². The van der Waals surface area contributed by atoms with Crippen molar-refractivity contribution < 1.29 is 23.9 Å². The molecule has 26 heavy (non-hydrogen) atoms. The number of nitrogens with one attached hydrogen (secondary N) is 2. The van der Waals surface area contributed by atoms with Crippen LogP contribution in [0.15, 0.2) is 24.3 Å². The van der Waals surface area contributed by atoms with E-state index in [1.807, 2.05) is 19.1 Å². The highest BCUT2D eigenvalue weighted by Crippen LogP contribution is 2.17. The molecule has 1 fully saturated rings. The fraction of sp³-hybridized carbons (Fsp3) is 0.526. The van der Waals surface area contributed by atoms with E-state index in [9.17, 15) is 14.4 Å². The zero-order valence-electron chi connectivity index (χ0n) is 15.2. The molecule has 1 atom stereocenters. The Bertz CT molecular complexity index is 623. The minimum Gasteiger partial charge on any atom is -0.482 e. The Morgan fingerprint density at radius 1 is 1.15 bits per heavy atom. The number of imide groups is 1. The van der Waals surface area contributed by atoms with E-state index in [0.29, 0.717) is 5.75 Å². The van der Waals surface area contributed by atoms with Crippen molar-refractivity contribution in [3.8, 4) is 5.75 Å². The maximum absolute atomic E-state index is 11.9. The van der Waals surface area contributed by atoms with Crippen molar-refractivity contribution in [1.29, 1.82) is 0 Å². The Kier molecular flexibility index (Phi) is 7.44. The van der Waals surface area contributed by atoms with Crippen LogP contribution in [-0.4, -0.2) is 36.7 Å². The molecule has 0 radical (unpaired) electrons. The lowest BCUT2D eigenvalue weighted by atomic mass is 10.2. The first-order chi connectivity index (χ1) is 12.5. The van der Waals surface area contributed by atoms with Gasteiger partial charge >= 0.3 is 12.0 Å². The number of carbonyl (C=O) groups is 3. The Balaban J connectivity index is 1.69. The lowest BCUT2D eigenvalue weighted by molar-refractivity contribution is -0.156. The second kappa shape index (κ2) is 9.79. The fourth-order valence-corrected chi connectivity index (χ4v) is 2.75. The maximum atomic E-state index is 11.9. The van der Waals surface area contributed by atoms with Gasteiger partial charge in [0.05, 0.1) is 0 Å². The number of benzene rings is 1. The molecule has 1 unspecified atom stereocenters. The Hall–Kier alpha value is -2.57. The number of hydrogen-bond acceptors (Lipinski definition) is 5. The third kappa shape index (κ3) is 6.38. The van der Waals surface area contributed by atoms with Crippen LogP contribution in [0.1, 0.15) is 45.1 Å². The second-order valence-electron chi connectivity index (χ2n) is 6.36. The highest BCUT2D eigenvalue weighted by Gasteiger charge is 2.22. The van der Waals surface area contributed by atoms with E-state index in [-0.39, 0.29) is 12.6 Å². The summed E-state index contributed by atoms with van der Waals surface area (Å²) in [6.07, 6.45) is 3.83. The van der Waals surface area contributed by atoms with Gasteiger partial charge in [0, 0.05) is 6.04 Å². The molecule has 1 aromatic carbocycles. The summed E-state index contributed by atoms with van der Waals surface area (Å²) < 4.78 is 10.3. The first kappa shape index (κ1) is 19.8. The quantitative estimate of drug-likeness (QED) is 0.726. The van der Waals surface area contributed by atoms with Gasteiger partial charge in [0.25, 0.3) is 5.91 Å². The molecule has 0 heterocycles. The van der Waals surface area contributed by atoms with Crippen LogP contribution in [-0.2, 0) is 20.7 Å². The van der Waals surface area contributed by atoms with Crippen molar-refractivity contribution in [2.75, 3.05) is 6.61 Å². The topological polar surface area (TPSA) is 93.7 Å². The van der Waals surface area contributed by atoms with Gasteiger partial charge in [0.1, 0.15) is 5.75 Å². The average molecular weight is 362 g/mol. The lowest BCUT2D eigenvalue weighted by Crippen LogP contribution is -2.47. The van der Waals surface area contributed by atoms with Crippen LogP contribution in [0.3, 0.4) is 0 Å². The summed E-state index contributed by atoms with van der Waals surface area (Å²) in [6, 6.07) is 6.93. The number of carbonyl (C=O) groups excluding carboxylic acids is 3. The highest BCUT2D eigenvalue weighted by atomic mass is 16.6. The predicted octanol–water partition coefficient (Wildman–Crippen LogP) is 2.33. The SMILES string of the molecule is CCc1ccc(OCC(=O)OC(C)C(=O)NC(=O)NC2CCCC2)cc1. The Morgan fingerprint density at radius 3 is 2.42 bits per heavy atom. The van der Waals surface area contributed by atoms with Crippen LogP contribution in [0.25, 0.3) is 0 Å². The summed E-state index contributed by atoms with van der Waals surface area (Å²) in [5.41, 5.74) is 1.17. The van der Waals surface area contributed by atoms with Crippen LogP contribution in [0.5, 0.6) is 5.75 Å². The third-order valence-electron chi connectivity index (χ3n) is 4.29. The molecule has 2 N–H and O–H groups in total. The minimum absolute atomic E-state index is 0.105. The molecule has 0 saturated heterocycles. The van der Waals surface area contributed by atoms with Crippen molar-refractivity contribution in [2.24, 2.45) is 0 Å². The number of hydrogen-bond donors (Lipinski definition) is 2. The summed E-state index contributed by atoms with van der Waals surface area (Å²) in [4.78, 5) is 35.5. The van der Waals surface area contributed by atoms with Gasteiger partial charge in [-0.05, 0) is 43.9 Å². The van der Waals surface area contributed by atoms with E-state index in [2.05, 4.69) is 10.6 Å². The average Bonchev–Trinajstić information content (AvgIpc) is 3.13. The van der Waals surface area contributed by atoms with E-state index in [1.54, 1.807) is 12.1 Å². The molecule has 2 rings (SSSR count). The summed E-state index contributed by atoms with van der Waals surface area (Å²) in [5, 5.41) is 4.93. The molecule has 1 aromatic rings.